The third-order valence-electron chi connectivity index (χ3n) is 14.8. The van der Waals surface area contributed by atoms with Crippen molar-refractivity contribution in [3.63, 3.8) is 0 Å². The van der Waals surface area contributed by atoms with E-state index in [9.17, 15) is 0 Å². The molecule has 0 saturated heterocycles. The van der Waals surface area contributed by atoms with Crippen LogP contribution in [0, 0.1) is 0 Å². The zero-order chi connectivity index (χ0) is 47.8. The van der Waals surface area contributed by atoms with Crippen LogP contribution < -0.4 is 4.90 Å². The van der Waals surface area contributed by atoms with Gasteiger partial charge in [0.15, 0.2) is 0 Å². The first-order valence-electron chi connectivity index (χ1n) is 24.9. The van der Waals surface area contributed by atoms with Crippen molar-refractivity contribution < 1.29 is 0 Å². The average Bonchev–Trinajstić information content (AvgIpc) is 3.78. The Morgan fingerprint density at radius 3 is 1.29 bits per heavy atom. The normalized spacial score (nSPS) is 12.3. The number of fused-ring (bicyclic) bond motifs is 4. The molecular formula is C71H49N. The Hall–Kier alpha value is -9.30. The van der Waals surface area contributed by atoms with Crippen molar-refractivity contribution in [2.24, 2.45) is 0 Å². The molecule has 1 aliphatic carbocycles. The molecule has 1 nitrogen and oxygen atoms in total. The molecule has 0 aliphatic heterocycles. The summed E-state index contributed by atoms with van der Waals surface area (Å²) in [6, 6.07) is 109. The quantitative estimate of drug-likeness (QED) is 0.132. The number of anilines is 3. The predicted molar refractivity (Wildman–Crippen MR) is 303 cm³/mol. The first-order chi connectivity index (χ1) is 35.7. The first kappa shape index (κ1) is 42.8. The summed E-state index contributed by atoms with van der Waals surface area (Å²) >= 11 is 0. The average molecular weight is 916 g/mol. The van der Waals surface area contributed by atoms with Crippen molar-refractivity contribution in [3.05, 3.63) is 320 Å². The summed E-state index contributed by atoms with van der Waals surface area (Å²) in [5, 5.41) is 2.51. The molecule has 12 aromatic rings. The maximum atomic E-state index is 2.39. The first-order valence-corrected chi connectivity index (χ1v) is 24.9. The fourth-order valence-corrected chi connectivity index (χ4v) is 11.4. The van der Waals surface area contributed by atoms with Crippen LogP contribution in [-0.2, 0) is 5.41 Å². The molecule has 0 N–H and O–H groups in total. The van der Waals surface area contributed by atoms with Crippen molar-refractivity contribution in [3.8, 4) is 66.8 Å². The molecule has 338 valence electrons. The molecular weight excluding hydrogens is 867 g/mol. The monoisotopic (exact) mass is 915 g/mol. The van der Waals surface area contributed by atoms with E-state index in [1.54, 1.807) is 0 Å². The lowest BCUT2D eigenvalue weighted by molar-refractivity contribution is 0.768. The van der Waals surface area contributed by atoms with Gasteiger partial charge in [-0.1, -0.05) is 261 Å². The van der Waals surface area contributed by atoms with Gasteiger partial charge in [-0.2, -0.15) is 0 Å². The summed E-state index contributed by atoms with van der Waals surface area (Å²) in [6.45, 7) is 0. The number of hydrogen-bond donors (Lipinski definition) is 0. The van der Waals surface area contributed by atoms with Crippen molar-refractivity contribution >= 4 is 27.8 Å². The molecule has 1 aliphatic rings. The number of rotatable bonds is 10. The van der Waals surface area contributed by atoms with Crippen LogP contribution in [0.15, 0.2) is 297 Å². The highest BCUT2D eigenvalue weighted by atomic mass is 15.1. The maximum Gasteiger partial charge on any atom is 0.0713 e. The Kier molecular flexibility index (Phi) is 10.8. The van der Waals surface area contributed by atoms with Gasteiger partial charge >= 0.3 is 0 Å². The van der Waals surface area contributed by atoms with Crippen molar-refractivity contribution in [1.82, 2.24) is 0 Å². The van der Waals surface area contributed by atoms with E-state index in [-0.39, 0.29) is 0 Å². The van der Waals surface area contributed by atoms with Crippen molar-refractivity contribution in [1.29, 1.82) is 0 Å². The largest absolute Gasteiger partial charge is 0.310 e. The molecule has 0 saturated carbocycles. The Labute approximate surface area is 422 Å². The highest BCUT2D eigenvalue weighted by molar-refractivity contribution is 5.98. The number of benzene rings is 12. The Morgan fingerprint density at radius 1 is 0.236 bits per heavy atom. The Balaban J connectivity index is 0.897. The van der Waals surface area contributed by atoms with E-state index in [4.69, 9.17) is 0 Å². The van der Waals surface area contributed by atoms with Gasteiger partial charge in [0.05, 0.1) is 5.41 Å². The van der Waals surface area contributed by atoms with Crippen molar-refractivity contribution in [2.75, 3.05) is 4.90 Å². The second-order valence-corrected chi connectivity index (χ2v) is 18.8. The summed E-state index contributed by atoms with van der Waals surface area (Å²) in [5.41, 5.74) is 22.5. The molecule has 0 amide bonds. The van der Waals surface area contributed by atoms with E-state index >= 15 is 0 Å². The number of nitrogens with zero attached hydrogens (tertiary/aromatic N) is 1. The minimum atomic E-state index is -0.460. The van der Waals surface area contributed by atoms with E-state index in [2.05, 4.69) is 302 Å². The fourth-order valence-electron chi connectivity index (χ4n) is 11.4. The summed E-state index contributed by atoms with van der Waals surface area (Å²) in [5.74, 6) is 0. The predicted octanol–water partition coefficient (Wildman–Crippen LogP) is 19.0. The number of hydrogen-bond acceptors (Lipinski definition) is 1. The van der Waals surface area contributed by atoms with Crippen LogP contribution in [0.5, 0.6) is 0 Å². The topological polar surface area (TPSA) is 3.24 Å². The van der Waals surface area contributed by atoms with Crippen LogP contribution in [0.4, 0.5) is 17.1 Å². The molecule has 0 aromatic heterocycles. The van der Waals surface area contributed by atoms with Gasteiger partial charge in [0.25, 0.3) is 0 Å². The van der Waals surface area contributed by atoms with Crippen LogP contribution in [0.2, 0.25) is 0 Å². The maximum absolute atomic E-state index is 2.39. The SMILES string of the molecule is c1ccc(-c2ccc(-c3ccc(N(c4ccc(-c5cccc6c5-c5ccccc5C6(c5ccccc5)c5ccccc5)cc4)c4cccc(-c5ccc(-c6cccc7ccccc67)cc5)c4)cc3)cc2)cc1. The summed E-state index contributed by atoms with van der Waals surface area (Å²) in [6.07, 6.45) is 0. The van der Waals surface area contributed by atoms with Gasteiger partial charge in [0.2, 0.25) is 0 Å². The van der Waals surface area contributed by atoms with Gasteiger partial charge in [-0.15, -0.1) is 0 Å². The van der Waals surface area contributed by atoms with Crippen LogP contribution in [0.25, 0.3) is 77.5 Å². The fraction of sp³-hybridized carbons (Fsp3) is 0.0141. The molecule has 0 atom stereocenters. The van der Waals surface area contributed by atoms with Crippen LogP contribution in [-0.4, -0.2) is 0 Å². The lowest BCUT2D eigenvalue weighted by Gasteiger charge is -2.34. The van der Waals surface area contributed by atoms with Gasteiger partial charge < -0.3 is 4.90 Å². The van der Waals surface area contributed by atoms with Gasteiger partial charge in [-0.25, -0.2) is 0 Å². The molecule has 12 aromatic carbocycles. The zero-order valence-electron chi connectivity index (χ0n) is 39.7. The molecule has 0 radical (unpaired) electrons. The van der Waals surface area contributed by atoms with Crippen LogP contribution >= 0.6 is 0 Å². The Morgan fingerprint density at radius 2 is 0.639 bits per heavy atom. The molecule has 72 heavy (non-hydrogen) atoms. The molecule has 0 fully saturated rings. The second kappa shape index (κ2) is 18.2. The van der Waals surface area contributed by atoms with Gasteiger partial charge in [-0.05, 0) is 136 Å². The molecule has 0 unspecified atom stereocenters. The van der Waals surface area contributed by atoms with E-state index in [1.807, 2.05) is 0 Å². The summed E-state index contributed by atoms with van der Waals surface area (Å²) in [7, 11) is 0. The lowest BCUT2D eigenvalue weighted by Crippen LogP contribution is -2.28. The van der Waals surface area contributed by atoms with E-state index in [0.717, 1.165) is 22.6 Å². The minimum absolute atomic E-state index is 0.460. The standard InChI is InChI=1S/C71H49N/c1-4-17-50(18-5-1)51-33-35-52(36-34-51)53-41-45-61(46-42-53)72(63-26-14-21-58(49-63)54-37-39-56(40-38-54)65-29-15-20-55-19-10-11-27-64(55)65)62-47-43-57(44-48-62)66-30-16-32-69-70(66)67-28-12-13-31-68(67)71(69,59-22-6-2-7-23-59)60-24-8-3-9-25-60/h1-49H. The molecule has 13 rings (SSSR count). The highest BCUT2D eigenvalue weighted by Gasteiger charge is 2.46. The molecule has 0 heterocycles. The van der Waals surface area contributed by atoms with Crippen molar-refractivity contribution in [2.45, 2.75) is 5.41 Å². The van der Waals surface area contributed by atoms with E-state index < -0.39 is 5.41 Å². The lowest BCUT2D eigenvalue weighted by atomic mass is 9.67. The van der Waals surface area contributed by atoms with E-state index in [0.29, 0.717) is 0 Å². The molecule has 0 bridgehead atoms. The van der Waals surface area contributed by atoms with Crippen LogP contribution in [0.3, 0.4) is 0 Å². The third-order valence-corrected chi connectivity index (χ3v) is 14.8. The zero-order valence-corrected chi connectivity index (χ0v) is 39.7. The van der Waals surface area contributed by atoms with Gasteiger partial charge in [0, 0.05) is 17.1 Å². The third kappa shape index (κ3) is 7.42. The minimum Gasteiger partial charge on any atom is -0.310 e. The van der Waals surface area contributed by atoms with Crippen LogP contribution in [0.1, 0.15) is 22.3 Å². The smallest absolute Gasteiger partial charge is 0.0713 e. The Bertz CT molecular complexity index is 3810. The molecule has 1 heteroatoms. The second-order valence-electron chi connectivity index (χ2n) is 18.8. The summed E-state index contributed by atoms with van der Waals surface area (Å²) in [4.78, 5) is 2.39. The summed E-state index contributed by atoms with van der Waals surface area (Å²) < 4.78 is 0. The van der Waals surface area contributed by atoms with Gasteiger partial charge in [0.1, 0.15) is 0 Å². The highest BCUT2D eigenvalue weighted by Crippen LogP contribution is 2.58. The van der Waals surface area contributed by atoms with Gasteiger partial charge in [-0.3, -0.25) is 0 Å². The molecule has 0 spiro atoms. The van der Waals surface area contributed by atoms with E-state index in [1.165, 1.54) is 94.2 Å².